The van der Waals surface area contributed by atoms with Crippen molar-refractivity contribution in [3.05, 3.63) is 0 Å². The van der Waals surface area contributed by atoms with E-state index in [0.717, 1.165) is 19.3 Å². The monoisotopic (exact) mass is 209 g/mol. The van der Waals surface area contributed by atoms with Gasteiger partial charge in [0.1, 0.15) is 6.04 Å². The fourth-order valence-corrected chi connectivity index (χ4v) is 2.04. The highest BCUT2D eigenvalue weighted by atomic mass is 19.4. The lowest BCUT2D eigenvalue weighted by atomic mass is 9.83. The number of carbonyl (C=O) groups excluding carboxylic acids is 1. The summed E-state index contributed by atoms with van der Waals surface area (Å²) in [5, 5.41) is 1.89. The maximum absolute atomic E-state index is 12.5. The molecule has 82 valence electrons. The molecule has 5 heteroatoms. The second-order valence-electron chi connectivity index (χ2n) is 3.70. The van der Waals surface area contributed by atoms with E-state index in [1.165, 1.54) is 0 Å². The Labute approximate surface area is 80.9 Å². The Hall–Kier alpha value is -0.740. The van der Waals surface area contributed by atoms with Crippen LogP contribution in [0.3, 0.4) is 0 Å². The molecule has 0 heterocycles. The van der Waals surface area contributed by atoms with Gasteiger partial charge in [-0.15, -0.1) is 0 Å². The molecule has 1 aliphatic carbocycles. The van der Waals surface area contributed by atoms with Crippen LogP contribution in [0.1, 0.15) is 32.1 Å². The molecule has 14 heavy (non-hydrogen) atoms. The van der Waals surface area contributed by atoms with Crippen molar-refractivity contribution in [2.75, 3.05) is 0 Å². The van der Waals surface area contributed by atoms with Crippen molar-refractivity contribution < 1.29 is 18.0 Å². The summed E-state index contributed by atoms with van der Waals surface area (Å²) in [5.41, 5.74) is 0. The van der Waals surface area contributed by atoms with Crippen molar-refractivity contribution >= 4 is 6.41 Å². The predicted molar refractivity (Wildman–Crippen MR) is 45.6 cm³/mol. The summed E-state index contributed by atoms with van der Waals surface area (Å²) in [7, 11) is 0. The highest BCUT2D eigenvalue weighted by molar-refractivity contribution is 5.47. The van der Waals surface area contributed by atoms with Crippen LogP contribution >= 0.6 is 0 Å². The summed E-state index contributed by atoms with van der Waals surface area (Å²) in [4.78, 5) is 10.1. The quantitative estimate of drug-likeness (QED) is 0.709. The fourth-order valence-electron chi connectivity index (χ4n) is 2.04. The summed E-state index contributed by atoms with van der Waals surface area (Å²) in [6.45, 7) is 0. The lowest BCUT2D eigenvalue weighted by Gasteiger charge is -2.31. The van der Waals surface area contributed by atoms with E-state index < -0.39 is 18.1 Å². The Morgan fingerprint density at radius 1 is 1.21 bits per heavy atom. The molecule has 1 rings (SSSR count). The van der Waals surface area contributed by atoms with Gasteiger partial charge in [0.15, 0.2) is 0 Å². The highest BCUT2D eigenvalue weighted by Gasteiger charge is 2.44. The van der Waals surface area contributed by atoms with Crippen LogP contribution in [-0.4, -0.2) is 18.6 Å². The maximum atomic E-state index is 12.5. The van der Waals surface area contributed by atoms with Crippen LogP contribution < -0.4 is 5.32 Å². The molecule has 1 fully saturated rings. The Morgan fingerprint density at radius 3 is 2.21 bits per heavy atom. The van der Waals surface area contributed by atoms with Crippen LogP contribution in [0.2, 0.25) is 0 Å². The lowest BCUT2D eigenvalue weighted by Crippen LogP contribution is -2.47. The third kappa shape index (κ3) is 2.89. The molecule has 0 bridgehead atoms. The first-order chi connectivity index (χ1) is 6.55. The maximum Gasteiger partial charge on any atom is 0.408 e. The predicted octanol–water partition coefficient (Wildman–Crippen LogP) is 2.24. The zero-order valence-corrected chi connectivity index (χ0v) is 7.81. The van der Waals surface area contributed by atoms with E-state index in [2.05, 4.69) is 0 Å². The van der Waals surface area contributed by atoms with Gasteiger partial charge in [-0.05, 0) is 18.8 Å². The molecule has 1 amide bonds. The zero-order chi connectivity index (χ0) is 10.6. The molecule has 0 radical (unpaired) electrons. The first-order valence-corrected chi connectivity index (χ1v) is 4.82. The van der Waals surface area contributed by atoms with Gasteiger partial charge in [0.2, 0.25) is 6.41 Å². The summed E-state index contributed by atoms with van der Waals surface area (Å²) in [6, 6.07) is -1.65. The summed E-state index contributed by atoms with van der Waals surface area (Å²) < 4.78 is 37.4. The summed E-state index contributed by atoms with van der Waals surface area (Å²) in [6.07, 6.45) is -0.385. The van der Waals surface area contributed by atoms with Gasteiger partial charge in [0, 0.05) is 0 Å². The van der Waals surface area contributed by atoms with Crippen LogP contribution in [-0.2, 0) is 4.79 Å². The van der Waals surface area contributed by atoms with Crippen molar-refractivity contribution in [2.24, 2.45) is 5.92 Å². The molecule has 1 aliphatic rings. The minimum atomic E-state index is -4.32. The molecule has 0 aromatic carbocycles. The standard InChI is InChI=1S/C9H14F3NO/c10-9(11,12)8(13-6-14)7-4-2-1-3-5-7/h6-8H,1-5H2,(H,13,14). The SMILES string of the molecule is O=CNC(C1CCCCC1)C(F)(F)F. The number of hydrogen-bond acceptors (Lipinski definition) is 1. The van der Waals surface area contributed by atoms with E-state index in [-0.39, 0.29) is 6.41 Å². The Morgan fingerprint density at radius 2 is 1.79 bits per heavy atom. The van der Waals surface area contributed by atoms with E-state index in [1.54, 1.807) is 0 Å². The van der Waals surface area contributed by atoms with Gasteiger partial charge < -0.3 is 5.32 Å². The molecular formula is C9H14F3NO. The number of halogens is 3. The van der Waals surface area contributed by atoms with E-state index in [4.69, 9.17) is 0 Å². The first-order valence-electron chi connectivity index (χ1n) is 4.82. The molecule has 0 spiro atoms. The van der Waals surface area contributed by atoms with Crippen molar-refractivity contribution in [3.8, 4) is 0 Å². The lowest BCUT2D eigenvalue weighted by molar-refractivity contribution is -0.171. The first kappa shape index (κ1) is 11.3. The van der Waals surface area contributed by atoms with Crippen molar-refractivity contribution in [3.63, 3.8) is 0 Å². The van der Waals surface area contributed by atoms with Gasteiger partial charge in [0.25, 0.3) is 0 Å². The molecule has 1 N–H and O–H groups in total. The van der Waals surface area contributed by atoms with Crippen LogP contribution in [0.25, 0.3) is 0 Å². The third-order valence-corrected chi connectivity index (χ3v) is 2.72. The Kier molecular flexibility index (Phi) is 3.77. The van der Waals surface area contributed by atoms with E-state index in [0.29, 0.717) is 12.8 Å². The van der Waals surface area contributed by atoms with E-state index in [1.807, 2.05) is 5.32 Å². The largest absolute Gasteiger partial charge is 0.408 e. The molecule has 0 aromatic heterocycles. The number of amides is 1. The van der Waals surface area contributed by atoms with Crippen LogP contribution in [0.15, 0.2) is 0 Å². The third-order valence-electron chi connectivity index (χ3n) is 2.72. The molecule has 0 saturated heterocycles. The number of hydrogen-bond donors (Lipinski definition) is 1. The Bertz CT molecular complexity index is 187. The van der Waals surface area contributed by atoms with Gasteiger partial charge in [-0.1, -0.05) is 19.3 Å². The molecule has 0 aliphatic heterocycles. The van der Waals surface area contributed by atoms with Gasteiger partial charge >= 0.3 is 6.18 Å². The average Bonchev–Trinajstić information content (AvgIpc) is 2.14. The molecular weight excluding hydrogens is 195 g/mol. The van der Waals surface area contributed by atoms with Crippen LogP contribution in [0, 0.1) is 5.92 Å². The van der Waals surface area contributed by atoms with Crippen LogP contribution in [0.5, 0.6) is 0 Å². The summed E-state index contributed by atoms with van der Waals surface area (Å²) in [5.74, 6) is -0.436. The number of nitrogens with one attached hydrogen (secondary N) is 1. The molecule has 2 nitrogen and oxygen atoms in total. The van der Waals surface area contributed by atoms with E-state index in [9.17, 15) is 18.0 Å². The average molecular weight is 209 g/mol. The smallest absolute Gasteiger partial charge is 0.347 e. The minimum Gasteiger partial charge on any atom is -0.347 e. The van der Waals surface area contributed by atoms with Crippen LogP contribution in [0.4, 0.5) is 13.2 Å². The van der Waals surface area contributed by atoms with Gasteiger partial charge in [-0.25, -0.2) is 0 Å². The van der Waals surface area contributed by atoms with Gasteiger partial charge in [-0.3, -0.25) is 4.79 Å². The van der Waals surface area contributed by atoms with Gasteiger partial charge in [-0.2, -0.15) is 13.2 Å². The second-order valence-corrected chi connectivity index (χ2v) is 3.70. The zero-order valence-electron chi connectivity index (χ0n) is 7.81. The number of alkyl halides is 3. The highest BCUT2D eigenvalue weighted by Crippen LogP contribution is 2.34. The fraction of sp³-hybridized carbons (Fsp3) is 0.889. The minimum absolute atomic E-state index is 0.146. The molecule has 1 saturated carbocycles. The number of rotatable bonds is 3. The molecule has 1 atom stereocenters. The number of carbonyl (C=O) groups is 1. The van der Waals surface area contributed by atoms with Crippen molar-refractivity contribution in [1.82, 2.24) is 5.32 Å². The van der Waals surface area contributed by atoms with Crippen molar-refractivity contribution in [1.29, 1.82) is 0 Å². The topological polar surface area (TPSA) is 29.1 Å². The molecule has 1 unspecified atom stereocenters. The normalized spacial score (nSPS) is 21.6. The van der Waals surface area contributed by atoms with Gasteiger partial charge in [0.05, 0.1) is 0 Å². The second kappa shape index (κ2) is 4.66. The Balaban J connectivity index is 2.60. The van der Waals surface area contributed by atoms with Crippen molar-refractivity contribution in [2.45, 2.75) is 44.3 Å². The molecule has 0 aromatic rings. The summed E-state index contributed by atoms with van der Waals surface area (Å²) >= 11 is 0. The van der Waals surface area contributed by atoms with E-state index >= 15 is 0 Å².